The summed E-state index contributed by atoms with van der Waals surface area (Å²) in [4.78, 5) is 26.8. The molecular formula is C13H18N2O3S. The molecule has 1 fully saturated rings. The fourth-order valence-corrected chi connectivity index (χ4v) is 3.05. The van der Waals surface area contributed by atoms with Crippen LogP contribution in [0.3, 0.4) is 0 Å². The SMILES string of the molecule is Cc1ccc(CNC(=O)N2CCC[C@H](C(=O)O)C2)s1. The zero-order valence-electron chi connectivity index (χ0n) is 10.9. The lowest BCUT2D eigenvalue weighted by atomic mass is 9.99. The first-order chi connectivity index (χ1) is 9.06. The van der Waals surface area contributed by atoms with E-state index in [0.29, 0.717) is 26.1 Å². The third-order valence-electron chi connectivity index (χ3n) is 3.27. The number of likely N-dealkylation sites (tertiary alicyclic amines) is 1. The van der Waals surface area contributed by atoms with E-state index in [9.17, 15) is 9.59 Å². The van der Waals surface area contributed by atoms with Gasteiger partial charge in [0.25, 0.3) is 0 Å². The second-order valence-corrected chi connectivity index (χ2v) is 6.17. The topological polar surface area (TPSA) is 69.6 Å². The molecule has 2 amide bonds. The van der Waals surface area contributed by atoms with Crippen LogP contribution in [-0.2, 0) is 11.3 Å². The van der Waals surface area contributed by atoms with Gasteiger partial charge < -0.3 is 15.3 Å². The number of nitrogens with one attached hydrogen (secondary N) is 1. The Bertz CT molecular complexity index is 472. The van der Waals surface area contributed by atoms with Gasteiger partial charge in [-0.15, -0.1) is 11.3 Å². The standard InChI is InChI=1S/C13H18N2O3S/c1-9-4-5-11(19-9)7-14-13(18)15-6-2-3-10(8-15)12(16)17/h4-5,10H,2-3,6-8H2,1H3,(H,14,18)(H,16,17)/t10-/m0/s1. The fraction of sp³-hybridized carbons (Fsp3) is 0.538. The lowest BCUT2D eigenvalue weighted by Gasteiger charge is -2.30. The van der Waals surface area contributed by atoms with Crippen molar-refractivity contribution in [3.8, 4) is 0 Å². The van der Waals surface area contributed by atoms with E-state index in [1.165, 1.54) is 4.88 Å². The van der Waals surface area contributed by atoms with Crippen LogP contribution in [0.4, 0.5) is 4.79 Å². The summed E-state index contributed by atoms with van der Waals surface area (Å²) < 4.78 is 0. The van der Waals surface area contributed by atoms with E-state index in [2.05, 4.69) is 5.32 Å². The maximum Gasteiger partial charge on any atom is 0.317 e. The van der Waals surface area contributed by atoms with Gasteiger partial charge in [-0.25, -0.2) is 4.79 Å². The first-order valence-electron chi connectivity index (χ1n) is 6.37. The predicted molar refractivity (Wildman–Crippen MR) is 73.2 cm³/mol. The molecular weight excluding hydrogens is 264 g/mol. The number of aryl methyl sites for hydroxylation is 1. The second kappa shape index (κ2) is 6.06. The van der Waals surface area contributed by atoms with Gasteiger partial charge in [-0.2, -0.15) is 0 Å². The van der Waals surface area contributed by atoms with E-state index in [0.717, 1.165) is 11.3 Å². The minimum Gasteiger partial charge on any atom is -0.481 e. The van der Waals surface area contributed by atoms with E-state index in [-0.39, 0.29) is 6.03 Å². The maximum atomic E-state index is 12.0. The molecule has 0 unspecified atom stereocenters. The monoisotopic (exact) mass is 282 g/mol. The Balaban J connectivity index is 1.84. The first-order valence-corrected chi connectivity index (χ1v) is 7.19. The van der Waals surface area contributed by atoms with Crippen LogP contribution in [0.1, 0.15) is 22.6 Å². The third kappa shape index (κ3) is 3.70. The summed E-state index contributed by atoms with van der Waals surface area (Å²) in [6.45, 7) is 3.48. The fourth-order valence-electron chi connectivity index (χ4n) is 2.22. The Labute approximate surface area is 116 Å². The number of urea groups is 1. The van der Waals surface area contributed by atoms with E-state index in [1.54, 1.807) is 16.2 Å². The van der Waals surface area contributed by atoms with E-state index >= 15 is 0 Å². The lowest BCUT2D eigenvalue weighted by molar-refractivity contribution is -0.143. The highest BCUT2D eigenvalue weighted by Gasteiger charge is 2.27. The molecule has 0 bridgehead atoms. The minimum atomic E-state index is -0.814. The number of rotatable bonds is 3. The van der Waals surface area contributed by atoms with Crippen molar-refractivity contribution in [2.75, 3.05) is 13.1 Å². The van der Waals surface area contributed by atoms with Crippen molar-refractivity contribution in [2.45, 2.75) is 26.3 Å². The molecule has 5 nitrogen and oxygen atoms in total. The highest BCUT2D eigenvalue weighted by atomic mass is 32.1. The molecule has 1 atom stereocenters. The smallest absolute Gasteiger partial charge is 0.317 e. The van der Waals surface area contributed by atoms with Crippen LogP contribution in [0, 0.1) is 12.8 Å². The van der Waals surface area contributed by atoms with Gasteiger partial charge in [0.15, 0.2) is 0 Å². The van der Waals surface area contributed by atoms with E-state index in [1.807, 2.05) is 19.1 Å². The molecule has 0 aromatic carbocycles. The van der Waals surface area contributed by atoms with Crippen LogP contribution in [0.15, 0.2) is 12.1 Å². The number of carbonyl (C=O) groups is 2. The molecule has 104 valence electrons. The van der Waals surface area contributed by atoms with Gasteiger partial charge in [0.05, 0.1) is 12.5 Å². The summed E-state index contributed by atoms with van der Waals surface area (Å²) in [5.74, 6) is -1.24. The van der Waals surface area contributed by atoms with Gasteiger partial charge in [-0.05, 0) is 31.9 Å². The zero-order valence-corrected chi connectivity index (χ0v) is 11.7. The molecule has 0 spiro atoms. The first kappa shape index (κ1) is 13.9. The van der Waals surface area contributed by atoms with Gasteiger partial charge in [-0.1, -0.05) is 0 Å². The van der Waals surface area contributed by atoms with Crippen LogP contribution >= 0.6 is 11.3 Å². The van der Waals surface area contributed by atoms with Crippen molar-refractivity contribution in [2.24, 2.45) is 5.92 Å². The summed E-state index contributed by atoms with van der Waals surface area (Å²) in [5, 5.41) is 11.8. The number of nitrogens with zero attached hydrogens (tertiary/aromatic N) is 1. The van der Waals surface area contributed by atoms with Crippen molar-refractivity contribution in [1.29, 1.82) is 0 Å². The molecule has 1 aliphatic rings. The van der Waals surface area contributed by atoms with E-state index < -0.39 is 11.9 Å². The molecule has 6 heteroatoms. The molecule has 0 aliphatic carbocycles. The average molecular weight is 282 g/mol. The zero-order chi connectivity index (χ0) is 13.8. The summed E-state index contributed by atoms with van der Waals surface area (Å²) >= 11 is 1.65. The predicted octanol–water partition coefficient (Wildman–Crippen LogP) is 2.06. The van der Waals surface area contributed by atoms with Crippen LogP contribution in [0.2, 0.25) is 0 Å². The molecule has 0 radical (unpaired) electrons. The molecule has 2 heterocycles. The van der Waals surface area contributed by atoms with Crippen molar-refractivity contribution in [1.82, 2.24) is 10.2 Å². The highest BCUT2D eigenvalue weighted by molar-refractivity contribution is 7.11. The molecule has 1 aromatic heterocycles. The number of hydrogen-bond donors (Lipinski definition) is 2. The van der Waals surface area contributed by atoms with Gasteiger partial charge in [0, 0.05) is 22.8 Å². The highest BCUT2D eigenvalue weighted by Crippen LogP contribution is 2.17. The van der Waals surface area contributed by atoms with Crippen molar-refractivity contribution >= 4 is 23.3 Å². The summed E-state index contributed by atoms with van der Waals surface area (Å²) in [7, 11) is 0. The maximum absolute atomic E-state index is 12.0. The molecule has 2 N–H and O–H groups in total. The number of carboxylic acid groups (broad SMARTS) is 1. The molecule has 19 heavy (non-hydrogen) atoms. The summed E-state index contributed by atoms with van der Waals surface area (Å²) in [6, 6.07) is 3.85. The van der Waals surface area contributed by atoms with Crippen molar-refractivity contribution in [3.63, 3.8) is 0 Å². The Kier molecular flexibility index (Phi) is 4.42. The number of aliphatic carboxylic acids is 1. The number of thiophene rings is 1. The van der Waals surface area contributed by atoms with Gasteiger partial charge in [0.2, 0.25) is 0 Å². The van der Waals surface area contributed by atoms with Crippen molar-refractivity contribution < 1.29 is 14.7 Å². The number of piperidine rings is 1. The molecule has 1 aliphatic heterocycles. The number of carbonyl (C=O) groups excluding carboxylic acids is 1. The van der Waals surface area contributed by atoms with Gasteiger partial charge >= 0.3 is 12.0 Å². The lowest BCUT2D eigenvalue weighted by Crippen LogP contribution is -2.46. The third-order valence-corrected chi connectivity index (χ3v) is 4.27. The minimum absolute atomic E-state index is 0.169. The Morgan fingerprint density at radius 1 is 1.53 bits per heavy atom. The number of carboxylic acids is 1. The number of amides is 2. The average Bonchev–Trinajstić information content (AvgIpc) is 2.82. The van der Waals surface area contributed by atoms with Crippen LogP contribution in [0.5, 0.6) is 0 Å². The second-order valence-electron chi connectivity index (χ2n) is 4.79. The summed E-state index contributed by atoms with van der Waals surface area (Å²) in [5.41, 5.74) is 0. The molecule has 2 rings (SSSR count). The summed E-state index contributed by atoms with van der Waals surface area (Å²) in [6.07, 6.45) is 1.41. The quantitative estimate of drug-likeness (QED) is 0.891. The Hall–Kier alpha value is -1.56. The molecule has 1 aromatic rings. The van der Waals surface area contributed by atoms with Gasteiger partial charge in [-0.3, -0.25) is 4.79 Å². The van der Waals surface area contributed by atoms with Crippen LogP contribution in [-0.4, -0.2) is 35.1 Å². The van der Waals surface area contributed by atoms with Crippen LogP contribution < -0.4 is 5.32 Å². The van der Waals surface area contributed by atoms with Crippen molar-refractivity contribution in [3.05, 3.63) is 21.9 Å². The largest absolute Gasteiger partial charge is 0.481 e. The normalized spacial score (nSPS) is 19.2. The number of hydrogen-bond acceptors (Lipinski definition) is 3. The van der Waals surface area contributed by atoms with Crippen LogP contribution in [0.25, 0.3) is 0 Å². The Morgan fingerprint density at radius 3 is 2.95 bits per heavy atom. The Morgan fingerprint density at radius 2 is 2.32 bits per heavy atom. The molecule has 1 saturated heterocycles. The van der Waals surface area contributed by atoms with E-state index in [4.69, 9.17) is 5.11 Å². The molecule has 0 saturated carbocycles. The van der Waals surface area contributed by atoms with Gasteiger partial charge in [0.1, 0.15) is 0 Å².